The number of pyridine rings is 1. The van der Waals surface area contributed by atoms with Crippen LogP contribution in [0.25, 0.3) is 10.2 Å². The molecule has 1 aliphatic rings. The molecule has 0 atom stereocenters. The molecule has 1 aromatic carbocycles. The lowest BCUT2D eigenvalue weighted by molar-refractivity contribution is 0.0693. The molecule has 3 aromatic rings. The summed E-state index contributed by atoms with van der Waals surface area (Å²) in [4.78, 5) is 21.6. The molecule has 0 saturated heterocycles. The van der Waals surface area contributed by atoms with Crippen molar-refractivity contribution in [3.63, 3.8) is 0 Å². The molecular weight excluding hydrogens is 441 g/mol. The van der Waals surface area contributed by atoms with Gasteiger partial charge in [-0.1, -0.05) is 0 Å². The first-order valence-electron chi connectivity index (χ1n) is 11.3. The van der Waals surface area contributed by atoms with Gasteiger partial charge in [-0.05, 0) is 64.2 Å². The zero-order valence-corrected chi connectivity index (χ0v) is 19.7. The first-order chi connectivity index (χ1) is 15.8. The number of halogens is 1. The molecular formula is C24H30FN5O2S. The highest BCUT2D eigenvalue weighted by molar-refractivity contribution is 7.16. The highest BCUT2D eigenvalue weighted by Crippen LogP contribution is 2.29. The molecule has 0 bridgehead atoms. The van der Waals surface area contributed by atoms with Crippen molar-refractivity contribution in [3.05, 3.63) is 41.5 Å². The Morgan fingerprint density at radius 2 is 2.00 bits per heavy atom. The summed E-state index contributed by atoms with van der Waals surface area (Å²) in [5.41, 5.74) is 3.87. The zero-order chi connectivity index (χ0) is 23.4. The summed E-state index contributed by atoms with van der Waals surface area (Å²) in [7, 11) is 0. The van der Waals surface area contributed by atoms with E-state index in [1.54, 1.807) is 31.4 Å². The van der Waals surface area contributed by atoms with Crippen molar-refractivity contribution >= 4 is 44.7 Å². The monoisotopic (exact) mass is 471 g/mol. The highest BCUT2D eigenvalue weighted by atomic mass is 32.1. The van der Waals surface area contributed by atoms with Crippen LogP contribution in [-0.4, -0.2) is 45.3 Å². The average Bonchev–Trinajstić information content (AvgIpc) is 3.22. The standard InChI is InChI=1S/C24H30FN5O2S/c1-24(2,32)9-10-26-23(31)18-13-27-22(12-20(18)29-16-5-3-15(25)4-6-16)30-17-7-8-19-21(11-17)33-14-28-19/h7-8,11-16,32H,3-6,9-10H2,1-2H3,(H,26,31)(H2,27,29,30). The smallest absolute Gasteiger partial charge is 0.254 e. The Hall–Kier alpha value is -2.78. The van der Waals surface area contributed by atoms with Gasteiger partial charge in [0.25, 0.3) is 5.91 Å². The second-order valence-corrected chi connectivity index (χ2v) is 10.1. The molecule has 1 aliphatic carbocycles. The number of fused-ring (bicyclic) bond motifs is 1. The summed E-state index contributed by atoms with van der Waals surface area (Å²) >= 11 is 1.57. The lowest BCUT2D eigenvalue weighted by atomic mass is 9.93. The number of carbonyl (C=O) groups is 1. The highest BCUT2D eigenvalue weighted by Gasteiger charge is 2.23. The van der Waals surface area contributed by atoms with Gasteiger partial charge in [-0.2, -0.15) is 0 Å². The van der Waals surface area contributed by atoms with E-state index >= 15 is 0 Å². The fraction of sp³-hybridized carbons (Fsp3) is 0.458. The van der Waals surface area contributed by atoms with E-state index < -0.39 is 11.8 Å². The quantitative estimate of drug-likeness (QED) is 0.368. The van der Waals surface area contributed by atoms with Crippen LogP contribution in [0, 0.1) is 0 Å². The Balaban J connectivity index is 1.53. The maximum atomic E-state index is 13.6. The molecule has 4 N–H and O–H groups in total. The van der Waals surface area contributed by atoms with Crippen molar-refractivity contribution in [1.82, 2.24) is 15.3 Å². The summed E-state index contributed by atoms with van der Waals surface area (Å²) in [6, 6.07) is 7.83. The summed E-state index contributed by atoms with van der Waals surface area (Å²) in [6.07, 6.45) is 3.72. The second-order valence-electron chi connectivity index (χ2n) is 9.19. The number of nitrogens with zero attached hydrogens (tertiary/aromatic N) is 2. The number of carbonyl (C=O) groups excluding carboxylic acids is 1. The van der Waals surface area contributed by atoms with Gasteiger partial charge in [0.05, 0.1) is 32.6 Å². The van der Waals surface area contributed by atoms with Crippen molar-refractivity contribution in [2.45, 2.75) is 63.8 Å². The van der Waals surface area contributed by atoms with E-state index in [0.29, 0.717) is 55.7 Å². The van der Waals surface area contributed by atoms with Crippen LogP contribution >= 0.6 is 11.3 Å². The number of hydrogen-bond acceptors (Lipinski definition) is 7. The summed E-state index contributed by atoms with van der Waals surface area (Å²) in [5, 5.41) is 19.5. The Labute approximate surface area is 196 Å². The molecule has 0 aliphatic heterocycles. The molecule has 33 heavy (non-hydrogen) atoms. The summed E-state index contributed by atoms with van der Waals surface area (Å²) in [6.45, 7) is 3.77. The molecule has 1 amide bonds. The van der Waals surface area contributed by atoms with Gasteiger partial charge in [0.15, 0.2) is 0 Å². The van der Waals surface area contributed by atoms with Crippen LogP contribution in [0.5, 0.6) is 0 Å². The maximum absolute atomic E-state index is 13.6. The first kappa shape index (κ1) is 23.4. The van der Waals surface area contributed by atoms with Crippen LogP contribution in [0.1, 0.15) is 56.3 Å². The SMILES string of the molecule is CC(C)(O)CCNC(=O)c1cnc(Nc2ccc3ncsc3c2)cc1NC1CCC(F)CC1. The van der Waals surface area contributed by atoms with Gasteiger partial charge in [0, 0.05) is 30.5 Å². The Kier molecular flexibility index (Phi) is 7.09. The number of aromatic nitrogens is 2. The van der Waals surface area contributed by atoms with Crippen LogP contribution in [0.3, 0.4) is 0 Å². The minimum Gasteiger partial charge on any atom is -0.390 e. The maximum Gasteiger partial charge on any atom is 0.254 e. The lowest BCUT2D eigenvalue weighted by Gasteiger charge is -2.27. The fourth-order valence-corrected chi connectivity index (χ4v) is 4.62. The molecule has 0 unspecified atom stereocenters. The van der Waals surface area contributed by atoms with Crippen LogP contribution in [0.15, 0.2) is 36.0 Å². The Bertz CT molecular complexity index is 1110. The Morgan fingerprint density at radius 1 is 1.21 bits per heavy atom. The number of nitrogens with one attached hydrogen (secondary N) is 3. The Morgan fingerprint density at radius 3 is 2.76 bits per heavy atom. The number of amides is 1. The van der Waals surface area contributed by atoms with Crippen molar-refractivity contribution < 1.29 is 14.3 Å². The third-order valence-electron chi connectivity index (χ3n) is 5.79. The average molecular weight is 472 g/mol. The van der Waals surface area contributed by atoms with Crippen LogP contribution in [0.4, 0.5) is 21.6 Å². The van der Waals surface area contributed by atoms with Crippen molar-refractivity contribution in [1.29, 1.82) is 0 Å². The normalized spacial score (nSPS) is 18.8. The number of alkyl halides is 1. The molecule has 7 nitrogen and oxygen atoms in total. The number of hydrogen-bond donors (Lipinski definition) is 4. The molecule has 2 heterocycles. The van der Waals surface area contributed by atoms with Gasteiger partial charge in [0.1, 0.15) is 12.0 Å². The largest absolute Gasteiger partial charge is 0.390 e. The van der Waals surface area contributed by atoms with Crippen molar-refractivity contribution in [2.75, 3.05) is 17.2 Å². The third kappa shape index (κ3) is 6.39. The van der Waals surface area contributed by atoms with Crippen LogP contribution in [-0.2, 0) is 0 Å². The molecule has 176 valence electrons. The third-order valence-corrected chi connectivity index (χ3v) is 6.58. The molecule has 2 aromatic heterocycles. The first-order valence-corrected chi connectivity index (χ1v) is 12.2. The van der Waals surface area contributed by atoms with E-state index in [0.717, 1.165) is 15.9 Å². The number of thiazole rings is 1. The van der Waals surface area contributed by atoms with Crippen molar-refractivity contribution in [3.8, 4) is 0 Å². The minimum atomic E-state index is -0.857. The van der Waals surface area contributed by atoms with Gasteiger partial charge < -0.3 is 21.1 Å². The van der Waals surface area contributed by atoms with Gasteiger partial charge in [-0.15, -0.1) is 11.3 Å². The molecule has 4 rings (SSSR count). The molecule has 0 spiro atoms. The molecule has 1 saturated carbocycles. The number of anilines is 3. The number of rotatable bonds is 8. The minimum absolute atomic E-state index is 0.101. The van der Waals surface area contributed by atoms with E-state index in [2.05, 4.69) is 25.9 Å². The summed E-state index contributed by atoms with van der Waals surface area (Å²) < 4.78 is 14.7. The summed E-state index contributed by atoms with van der Waals surface area (Å²) in [5.74, 6) is 0.347. The van der Waals surface area contributed by atoms with E-state index in [1.807, 2.05) is 29.8 Å². The number of aliphatic hydroxyl groups is 1. The van der Waals surface area contributed by atoms with Crippen molar-refractivity contribution in [2.24, 2.45) is 0 Å². The second kappa shape index (κ2) is 10.0. The molecule has 9 heteroatoms. The number of benzene rings is 1. The molecule has 0 radical (unpaired) electrons. The van der Waals surface area contributed by atoms with E-state index in [9.17, 15) is 14.3 Å². The van der Waals surface area contributed by atoms with Crippen LogP contribution < -0.4 is 16.0 Å². The lowest BCUT2D eigenvalue weighted by Crippen LogP contribution is -2.32. The van der Waals surface area contributed by atoms with Gasteiger partial charge in [0.2, 0.25) is 0 Å². The van der Waals surface area contributed by atoms with Crippen LogP contribution in [0.2, 0.25) is 0 Å². The molecule has 1 fully saturated rings. The topological polar surface area (TPSA) is 99.2 Å². The van der Waals surface area contributed by atoms with E-state index in [-0.39, 0.29) is 11.9 Å². The van der Waals surface area contributed by atoms with Gasteiger partial charge in [-0.3, -0.25) is 4.79 Å². The van der Waals surface area contributed by atoms with E-state index in [4.69, 9.17) is 0 Å². The predicted octanol–water partition coefficient (Wildman–Crippen LogP) is 5.02. The predicted molar refractivity (Wildman–Crippen MR) is 131 cm³/mol. The van der Waals surface area contributed by atoms with E-state index in [1.165, 1.54) is 0 Å². The van der Waals surface area contributed by atoms with Gasteiger partial charge in [-0.25, -0.2) is 14.4 Å². The fourth-order valence-electron chi connectivity index (χ4n) is 3.90. The zero-order valence-electron chi connectivity index (χ0n) is 18.9. The van der Waals surface area contributed by atoms with Gasteiger partial charge >= 0.3 is 0 Å².